The zero-order chi connectivity index (χ0) is 16.1. The molecule has 6 heteroatoms. The highest BCUT2D eigenvalue weighted by atomic mass is 79.9. The monoisotopic (exact) mass is 365 g/mol. The van der Waals surface area contributed by atoms with Crippen molar-refractivity contribution in [3.05, 3.63) is 46.4 Å². The summed E-state index contributed by atoms with van der Waals surface area (Å²) in [5.74, 6) is -0.896. The van der Waals surface area contributed by atoms with E-state index < -0.39 is 12.0 Å². The summed E-state index contributed by atoms with van der Waals surface area (Å²) in [6.07, 6.45) is 0. The summed E-state index contributed by atoms with van der Waals surface area (Å²) >= 11 is 3.46. The third-order valence-electron chi connectivity index (χ3n) is 3.24. The van der Waals surface area contributed by atoms with Gasteiger partial charge in [0.2, 0.25) is 0 Å². The van der Waals surface area contributed by atoms with Crippen molar-refractivity contribution in [1.29, 1.82) is 0 Å². The molecule has 5 nitrogen and oxygen atoms in total. The first kappa shape index (κ1) is 16.5. The molecular formula is C16H16BrNO4. The van der Waals surface area contributed by atoms with Crippen LogP contribution < -0.4 is 5.32 Å². The number of amides is 1. The van der Waals surface area contributed by atoms with Gasteiger partial charge in [-0.2, -0.15) is 0 Å². The molecule has 0 heterocycles. The molecule has 2 aromatic carbocycles. The third kappa shape index (κ3) is 3.45. The average molecular weight is 366 g/mol. The van der Waals surface area contributed by atoms with Gasteiger partial charge in [0.25, 0.3) is 5.91 Å². The first-order valence-corrected chi connectivity index (χ1v) is 7.42. The fraction of sp³-hybridized carbons (Fsp3) is 0.250. The first-order chi connectivity index (χ1) is 10.6. The van der Waals surface area contributed by atoms with E-state index in [9.17, 15) is 9.59 Å². The summed E-state index contributed by atoms with van der Waals surface area (Å²) < 4.78 is 10.5. The van der Waals surface area contributed by atoms with Crippen LogP contribution in [0.1, 0.15) is 10.4 Å². The second-order valence-corrected chi connectivity index (χ2v) is 5.50. The quantitative estimate of drug-likeness (QED) is 0.826. The summed E-state index contributed by atoms with van der Waals surface area (Å²) in [5, 5.41) is 4.37. The Morgan fingerprint density at radius 2 is 1.82 bits per heavy atom. The molecule has 0 saturated carbocycles. The number of halogens is 1. The SMILES string of the molecule is COC[C@H](NC(=O)c1ccc(Br)c2ccccc12)C(=O)OC. The second kappa shape index (κ2) is 7.38. The number of esters is 1. The van der Waals surface area contributed by atoms with Gasteiger partial charge in [0.1, 0.15) is 0 Å². The van der Waals surface area contributed by atoms with E-state index in [1.807, 2.05) is 24.3 Å². The Kier molecular flexibility index (Phi) is 5.51. The zero-order valence-electron chi connectivity index (χ0n) is 12.3. The lowest BCUT2D eigenvalue weighted by molar-refractivity contribution is -0.144. The number of fused-ring (bicyclic) bond motifs is 1. The number of hydrogen-bond acceptors (Lipinski definition) is 4. The number of rotatable bonds is 5. The number of benzene rings is 2. The Balaban J connectivity index is 2.33. The van der Waals surface area contributed by atoms with Gasteiger partial charge in [0, 0.05) is 17.1 Å². The molecule has 0 radical (unpaired) electrons. The molecule has 116 valence electrons. The molecule has 0 saturated heterocycles. The van der Waals surface area contributed by atoms with Gasteiger partial charge in [-0.05, 0) is 22.9 Å². The molecule has 1 atom stereocenters. The Labute approximate surface area is 136 Å². The first-order valence-electron chi connectivity index (χ1n) is 6.63. The van der Waals surface area contributed by atoms with Gasteiger partial charge >= 0.3 is 5.97 Å². The molecule has 0 aliphatic rings. The fourth-order valence-corrected chi connectivity index (χ4v) is 2.65. The van der Waals surface area contributed by atoms with Gasteiger partial charge in [0.15, 0.2) is 6.04 Å². The van der Waals surface area contributed by atoms with Crippen molar-refractivity contribution in [2.24, 2.45) is 0 Å². The van der Waals surface area contributed by atoms with Gasteiger partial charge in [-0.3, -0.25) is 4.79 Å². The van der Waals surface area contributed by atoms with Crippen molar-refractivity contribution in [3.63, 3.8) is 0 Å². The van der Waals surface area contributed by atoms with Crippen molar-refractivity contribution in [1.82, 2.24) is 5.32 Å². The molecule has 2 rings (SSSR count). The maximum absolute atomic E-state index is 12.5. The Bertz CT molecular complexity index is 702. The van der Waals surface area contributed by atoms with E-state index in [4.69, 9.17) is 4.74 Å². The topological polar surface area (TPSA) is 64.6 Å². The molecule has 0 aliphatic carbocycles. The van der Waals surface area contributed by atoms with Gasteiger partial charge in [-0.25, -0.2) is 4.79 Å². The summed E-state index contributed by atoms with van der Waals surface area (Å²) in [6, 6.07) is 10.2. The van der Waals surface area contributed by atoms with Gasteiger partial charge < -0.3 is 14.8 Å². The molecule has 22 heavy (non-hydrogen) atoms. The molecule has 0 bridgehead atoms. The summed E-state index contributed by atoms with van der Waals surface area (Å²) in [5.41, 5.74) is 0.490. The molecule has 0 spiro atoms. The number of nitrogens with one attached hydrogen (secondary N) is 1. The van der Waals surface area contributed by atoms with E-state index in [0.717, 1.165) is 15.2 Å². The Morgan fingerprint density at radius 3 is 2.45 bits per heavy atom. The fourth-order valence-electron chi connectivity index (χ4n) is 2.17. The maximum atomic E-state index is 12.5. The zero-order valence-corrected chi connectivity index (χ0v) is 13.8. The van der Waals surface area contributed by atoms with Crippen LogP contribution >= 0.6 is 15.9 Å². The molecule has 0 aliphatic heterocycles. The third-order valence-corrected chi connectivity index (χ3v) is 3.93. The van der Waals surface area contributed by atoms with Crippen LogP contribution in [0.5, 0.6) is 0 Å². The van der Waals surface area contributed by atoms with Crippen LogP contribution in [0.4, 0.5) is 0 Å². The predicted molar refractivity (Wildman–Crippen MR) is 86.8 cm³/mol. The number of carbonyl (C=O) groups is 2. The van der Waals surface area contributed by atoms with Crippen molar-refractivity contribution < 1.29 is 19.1 Å². The van der Waals surface area contributed by atoms with E-state index in [1.165, 1.54) is 14.2 Å². The average Bonchev–Trinajstić information content (AvgIpc) is 2.54. The lowest BCUT2D eigenvalue weighted by atomic mass is 10.0. The molecule has 2 aromatic rings. The van der Waals surface area contributed by atoms with Crippen LogP contribution in [-0.4, -0.2) is 38.7 Å². The lowest BCUT2D eigenvalue weighted by Gasteiger charge is -2.16. The van der Waals surface area contributed by atoms with Crippen molar-refractivity contribution in [2.45, 2.75) is 6.04 Å². The summed E-state index contributed by atoms with van der Waals surface area (Å²) in [6.45, 7) is 0.0485. The molecule has 0 aromatic heterocycles. The molecule has 1 N–H and O–H groups in total. The molecule has 1 amide bonds. The van der Waals surface area contributed by atoms with Crippen LogP contribution in [-0.2, 0) is 14.3 Å². The highest BCUT2D eigenvalue weighted by Crippen LogP contribution is 2.26. The number of hydrogen-bond donors (Lipinski definition) is 1. The molecule has 0 fully saturated rings. The standard InChI is InChI=1S/C16H16BrNO4/c1-21-9-14(16(20)22-2)18-15(19)12-7-8-13(17)11-6-4-3-5-10(11)12/h3-8,14H,9H2,1-2H3,(H,18,19)/t14-/m0/s1. The van der Waals surface area contributed by atoms with E-state index in [-0.39, 0.29) is 12.5 Å². The molecule has 0 unspecified atom stereocenters. The van der Waals surface area contributed by atoms with Crippen LogP contribution in [0, 0.1) is 0 Å². The predicted octanol–water partition coefficient (Wildman–Crippen LogP) is 2.52. The summed E-state index contributed by atoms with van der Waals surface area (Å²) in [4.78, 5) is 24.1. The summed E-state index contributed by atoms with van der Waals surface area (Å²) in [7, 11) is 2.73. The smallest absolute Gasteiger partial charge is 0.330 e. The maximum Gasteiger partial charge on any atom is 0.330 e. The Hall–Kier alpha value is -1.92. The van der Waals surface area contributed by atoms with Crippen LogP contribution in [0.2, 0.25) is 0 Å². The largest absolute Gasteiger partial charge is 0.467 e. The lowest BCUT2D eigenvalue weighted by Crippen LogP contribution is -2.44. The van der Waals surface area contributed by atoms with E-state index >= 15 is 0 Å². The minimum Gasteiger partial charge on any atom is -0.467 e. The van der Waals surface area contributed by atoms with Gasteiger partial charge in [0.05, 0.1) is 13.7 Å². The number of methoxy groups -OCH3 is 2. The minimum absolute atomic E-state index is 0.0485. The van der Waals surface area contributed by atoms with E-state index in [2.05, 4.69) is 26.0 Å². The van der Waals surface area contributed by atoms with Crippen LogP contribution in [0.3, 0.4) is 0 Å². The van der Waals surface area contributed by atoms with Gasteiger partial charge in [-0.1, -0.05) is 40.2 Å². The van der Waals surface area contributed by atoms with Crippen molar-refractivity contribution in [3.8, 4) is 0 Å². The number of carbonyl (C=O) groups excluding carboxylic acids is 2. The van der Waals surface area contributed by atoms with Crippen molar-refractivity contribution >= 4 is 38.6 Å². The molecular weight excluding hydrogens is 350 g/mol. The van der Waals surface area contributed by atoms with Gasteiger partial charge in [-0.15, -0.1) is 0 Å². The Morgan fingerprint density at radius 1 is 1.14 bits per heavy atom. The number of ether oxygens (including phenoxy) is 2. The van der Waals surface area contributed by atoms with Crippen LogP contribution in [0.25, 0.3) is 10.8 Å². The minimum atomic E-state index is -0.843. The van der Waals surface area contributed by atoms with Crippen molar-refractivity contribution in [2.75, 3.05) is 20.8 Å². The van der Waals surface area contributed by atoms with E-state index in [1.54, 1.807) is 12.1 Å². The highest BCUT2D eigenvalue weighted by Gasteiger charge is 2.23. The normalized spacial score (nSPS) is 12.0. The van der Waals surface area contributed by atoms with E-state index in [0.29, 0.717) is 5.56 Å². The highest BCUT2D eigenvalue weighted by molar-refractivity contribution is 9.10. The second-order valence-electron chi connectivity index (χ2n) is 4.65. The van der Waals surface area contributed by atoms with Crippen LogP contribution in [0.15, 0.2) is 40.9 Å².